The van der Waals surface area contributed by atoms with E-state index in [-0.39, 0.29) is 37.0 Å². The molecule has 0 fully saturated rings. The molecule has 2 rings (SSSR count). The highest BCUT2D eigenvalue weighted by Crippen LogP contribution is 2.19. The van der Waals surface area contributed by atoms with Gasteiger partial charge in [-0.2, -0.15) is 12.6 Å². The molecule has 0 radical (unpaired) electrons. The number of thiol groups is 1. The maximum absolute atomic E-state index is 13.4. The number of aliphatic imine (C=N–C) groups is 1. The van der Waals surface area contributed by atoms with E-state index in [4.69, 9.17) is 17.2 Å². The maximum Gasteiger partial charge on any atom is 0.326 e. The van der Waals surface area contributed by atoms with Gasteiger partial charge in [0, 0.05) is 35.8 Å². The third kappa shape index (κ3) is 9.45. The van der Waals surface area contributed by atoms with Crippen molar-refractivity contribution in [2.24, 2.45) is 28.1 Å². The molecular weight excluding hydrogens is 536 g/mol. The number of H-pyrrole nitrogens is 1. The van der Waals surface area contributed by atoms with Crippen LogP contribution >= 0.6 is 12.6 Å². The molecule has 0 aliphatic heterocycles. The largest absolute Gasteiger partial charge is 0.480 e. The molecule has 40 heavy (non-hydrogen) atoms. The Kier molecular flexibility index (Phi) is 12.7. The molecule has 14 heteroatoms. The van der Waals surface area contributed by atoms with E-state index >= 15 is 0 Å². The standard InChI is InChI=1S/C26H40N8O5S/c1-3-14(2)21(27)24(37)34-20(13-40)23(36)33-19(11-15-12-31-17-8-5-4-7-16(15)17)22(35)32-18(25(38)39)9-6-10-30-26(28)29/h4-5,7-8,12,14,18-21,31,40H,3,6,9-11,13,27H2,1-2H3,(H,32,35)(H,33,36)(H,34,37)(H,38,39)(H4,28,29,30). The summed E-state index contributed by atoms with van der Waals surface area (Å²) in [5.74, 6) is -3.37. The van der Waals surface area contributed by atoms with Crippen molar-refractivity contribution in [1.82, 2.24) is 20.9 Å². The van der Waals surface area contributed by atoms with Crippen LogP contribution in [0, 0.1) is 5.92 Å². The summed E-state index contributed by atoms with van der Waals surface area (Å²) in [5, 5.41) is 18.3. The van der Waals surface area contributed by atoms with Crippen molar-refractivity contribution in [3.05, 3.63) is 36.0 Å². The molecule has 13 nitrogen and oxygen atoms in total. The number of carbonyl (C=O) groups is 4. The molecule has 3 amide bonds. The number of carbonyl (C=O) groups excluding carboxylic acids is 3. The van der Waals surface area contributed by atoms with Crippen molar-refractivity contribution in [2.45, 2.75) is 63.7 Å². The van der Waals surface area contributed by atoms with Crippen molar-refractivity contribution in [1.29, 1.82) is 0 Å². The molecule has 1 aromatic carbocycles. The number of rotatable bonds is 16. The van der Waals surface area contributed by atoms with Gasteiger partial charge in [-0.15, -0.1) is 0 Å². The van der Waals surface area contributed by atoms with E-state index in [0.717, 1.165) is 16.5 Å². The number of carboxylic acids is 1. The van der Waals surface area contributed by atoms with E-state index in [1.54, 1.807) is 6.20 Å². The Morgan fingerprint density at radius 2 is 1.65 bits per heavy atom. The Morgan fingerprint density at radius 1 is 1.02 bits per heavy atom. The van der Waals surface area contributed by atoms with Gasteiger partial charge in [-0.05, 0) is 30.4 Å². The van der Waals surface area contributed by atoms with Crippen LogP contribution < -0.4 is 33.2 Å². The lowest BCUT2D eigenvalue weighted by molar-refractivity contribution is -0.142. The lowest BCUT2D eigenvalue weighted by atomic mass is 9.99. The normalized spacial score (nSPS) is 14.8. The fourth-order valence-corrected chi connectivity index (χ4v) is 4.27. The molecule has 0 saturated carbocycles. The summed E-state index contributed by atoms with van der Waals surface area (Å²) >= 11 is 4.20. The first-order chi connectivity index (χ1) is 19.0. The lowest BCUT2D eigenvalue weighted by Gasteiger charge is -2.25. The number of nitrogens with one attached hydrogen (secondary N) is 4. The van der Waals surface area contributed by atoms with Gasteiger partial charge in [-0.3, -0.25) is 19.4 Å². The van der Waals surface area contributed by atoms with Crippen LogP contribution in [0.3, 0.4) is 0 Å². The highest BCUT2D eigenvalue weighted by atomic mass is 32.1. The second-order valence-electron chi connectivity index (χ2n) is 9.63. The summed E-state index contributed by atoms with van der Waals surface area (Å²) in [6, 6.07) is 3.16. The number of aliphatic carboxylic acids is 1. The third-order valence-corrected chi connectivity index (χ3v) is 7.03. The number of hydrogen-bond donors (Lipinski definition) is 9. The summed E-state index contributed by atoms with van der Waals surface area (Å²) in [6.07, 6.45) is 2.83. The van der Waals surface area contributed by atoms with Gasteiger partial charge >= 0.3 is 5.97 Å². The molecule has 0 bridgehead atoms. The number of aromatic nitrogens is 1. The maximum atomic E-state index is 13.4. The summed E-state index contributed by atoms with van der Waals surface area (Å²) < 4.78 is 0. The first-order valence-electron chi connectivity index (χ1n) is 13.1. The molecule has 2 aromatic rings. The number of benzene rings is 1. The highest BCUT2D eigenvalue weighted by molar-refractivity contribution is 7.80. The topological polar surface area (TPSA) is 231 Å². The number of nitrogens with zero attached hydrogens (tertiary/aromatic N) is 1. The SMILES string of the molecule is CCC(C)C(N)C(=O)NC(CS)C(=O)NC(Cc1c[nH]c2ccccc12)C(=O)NC(CCCN=C(N)N)C(=O)O. The van der Waals surface area contributed by atoms with Crippen LogP contribution in [0.2, 0.25) is 0 Å². The number of guanidine groups is 1. The molecule has 1 heterocycles. The van der Waals surface area contributed by atoms with E-state index in [1.807, 2.05) is 38.1 Å². The zero-order chi connectivity index (χ0) is 29.8. The second kappa shape index (κ2) is 15.7. The number of amides is 3. The number of carboxylic acid groups (broad SMARTS) is 1. The number of fused-ring (bicyclic) bond motifs is 1. The van der Waals surface area contributed by atoms with Gasteiger partial charge in [0.15, 0.2) is 5.96 Å². The monoisotopic (exact) mass is 576 g/mol. The molecule has 220 valence electrons. The minimum absolute atomic E-state index is 0.0469. The molecule has 1 aromatic heterocycles. The van der Waals surface area contributed by atoms with E-state index in [1.165, 1.54) is 0 Å². The lowest BCUT2D eigenvalue weighted by Crippen LogP contribution is -2.58. The van der Waals surface area contributed by atoms with Crippen LogP contribution in [0.5, 0.6) is 0 Å². The summed E-state index contributed by atoms with van der Waals surface area (Å²) in [7, 11) is 0. The van der Waals surface area contributed by atoms with E-state index in [9.17, 15) is 24.3 Å². The van der Waals surface area contributed by atoms with Gasteiger partial charge in [0.1, 0.15) is 18.1 Å². The number of hydrogen-bond acceptors (Lipinski definition) is 7. The van der Waals surface area contributed by atoms with E-state index < -0.39 is 47.9 Å². The van der Waals surface area contributed by atoms with Crippen molar-refractivity contribution < 1.29 is 24.3 Å². The van der Waals surface area contributed by atoms with Crippen LogP contribution in [0.1, 0.15) is 38.7 Å². The zero-order valence-corrected chi connectivity index (χ0v) is 23.6. The zero-order valence-electron chi connectivity index (χ0n) is 22.7. The van der Waals surface area contributed by atoms with Gasteiger partial charge in [0.05, 0.1) is 6.04 Å². The quantitative estimate of drug-likeness (QED) is 0.0551. The Morgan fingerprint density at radius 3 is 2.27 bits per heavy atom. The Bertz CT molecular complexity index is 1200. The molecule has 0 aliphatic carbocycles. The molecule has 11 N–H and O–H groups in total. The van der Waals surface area contributed by atoms with Gasteiger partial charge in [0.2, 0.25) is 17.7 Å². The molecular formula is C26H40N8O5S. The highest BCUT2D eigenvalue weighted by Gasteiger charge is 2.31. The van der Waals surface area contributed by atoms with Crippen LogP contribution in [0.4, 0.5) is 0 Å². The van der Waals surface area contributed by atoms with Crippen molar-refractivity contribution in [3.8, 4) is 0 Å². The van der Waals surface area contributed by atoms with E-state index in [2.05, 4.69) is 38.6 Å². The number of nitrogens with two attached hydrogens (primary N) is 3. The number of aromatic amines is 1. The van der Waals surface area contributed by atoms with Crippen LogP contribution in [0.15, 0.2) is 35.5 Å². The predicted molar refractivity (Wildman–Crippen MR) is 157 cm³/mol. The first kappa shape index (κ1) is 32.4. The average Bonchev–Trinajstić information content (AvgIpc) is 3.34. The fraction of sp³-hybridized carbons (Fsp3) is 0.500. The average molecular weight is 577 g/mol. The predicted octanol–water partition coefficient (Wildman–Crippen LogP) is -0.394. The molecule has 5 unspecified atom stereocenters. The van der Waals surface area contributed by atoms with Crippen molar-refractivity contribution in [3.63, 3.8) is 0 Å². The third-order valence-electron chi connectivity index (χ3n) is 6.67. The Hall–Kier alpha value is -3.78. The van der Waals surface area contributed by atoms with Crippen LogP contribution in [0.25, 0.3) is 10.9 Å². The van der Waals surface area contributed by atoms with Crippen LogP contribution in [-0.2, 0) is 25.6 Å². The Labute approximate surface area is 238 Å². The minimum atomic E-state index is -1.24. The molecule has 0 saturated heterocycles. The van der Waals surface area contributed by atoms with Gasteiger partial charge in [-0.25, -0.2) is 4.79 Å². The van der Waals surface area contributed by atoms with Crippen molar-refractivity contribution in [2.75, 3.05) is 12.3 Å². The minimum Gasteiger partial charge on any atom is -0.480 e. The molecule has 0 spiro atoms. The number of para-hydroxylation sites is 1. The van der Waals surface area contributed by atoms with Gasteiger partial charge in [-0.1, -0.05) is 38.5 Å². The summed E-state index contributed by atoms with van der Waals surface area (Å²) in [5.41, 5.74) is 18.2. The fourth-order valence-electron chi connectivity index (χ4n) is 4.01. The summed E-state index contributed by atoms with van der Waals surface area (Å²) in [6.45, 7) is 3.93. The smallest absolute Gasteiger partial charge is 0.326 e. The first-order valence-corrected chi connectivity index (χ1v) is 13.7. The summed E-state index contributed by atoms with van der Waals surface area (Å²) in [4.78, 5) is 58.0. The van der Waals surface area contributed by atoms with E-state index in [0.29, 0.717) is 12.8 Å². The second-order valence-corrected chi connectivity index (χ2v) is 9.99. The molecule has 5 atom stereocenters. The van der Waals surface area contributed by atoms with Crippen molar-refractivity contribution >= 4 is 53.2 Å². The Balaban J connectivity index is 2.24. The molecule has 0 aliphatic rings. The van der Waals surface area contributed by atoms with Crippen LogP contribution in [-0.4, -0.2) is 76.2 Å². The van der Waals surface area contributed by atoms with Gasteiger partial charge in [0.25, 0.3) is 0 Å². The van der Waals surface area contributed by atoms with Gasteiger partial charge < -0.3 is 43.2 Å².